The molecule has 2 fully saturated rings. The lowest BCUT2D eigenvalue weighted by molar-refractivity contribution is -0.161. The van der Waals surface area contributed by atoms with E-state index in [-0.39, 0.29) is 38.1 Å². The Balaban J connectivity index is 0.000000362. The maximum Gasteiger partial charge on any atom is 0.407 e. The van der Waals surface area contributed by atoms with E-state index in [0.717, 1.165) is 16.8 Å². The van der Waals surface area contributed by atoms with Gasteiger partial charge in [-0.3, -0.25) is 34.4 Å². The number of ether oxygens (including phenoxy) is 2. The summed E-state index contributed by atoms with van der Waals surface area (Å²) >= 11 is 1.34. The Kier molecular flexibility index (Phi) is 20.6. The van der Waals surface area contributed by atoms with Gasteiger partial charge in [-0.2, -0.15) is 0 Å². The zero-order valence-electron chi connectivity index (χ0n) is 45.0. The minimum atomic E-state index is -1.19. The highest BCUT2D eigenvalue weighted by Gasteiger charge is 2.64. The van der Waals surface area contributed by atoms with Crippen LogP contribution in [-0.2, 0) is 51.2 Å². The minimum absolute atomic E-state index is 0.105. The van der Waals surface area contributed by atoms with Gasteiger partial charge in [0.1, 0.15) is 35.1 Å². The van der Waals surface area contributed by atoms with Crippen molar-refractivity contribution in [2.24, 2.45) is 28.4 Å². The van der Waals surface area contributed by atoms with Crippen molar-refractivity contribution >= 4 is 53.3 Å². The quantitative estimate of drug-likeness (QED) is 0.0320. The first kappa shape index (κ1) is 61.0. The summed E-state index contributed by atoms with van der Waals surface area (Å²) in [7, 11) is 2.48. The van der Waals surface area contributed by atoms with E-state index >= 15 is 0 Å². The number of nitrogens with zero attached hydrogens (tertiary/aromatic N) is 3. The number of benzene rings is 3. The van der Waals surface area contributed by atoms with Crippen molar-refractivity contribution in [3.63, 3.8) is 0 Å². The zero-order chi connectivity index (χ0) is 57.2. The molecule has 1 aromatic heterocycles. The fourth-order valence-electron chi connectivity index (χ4n) is 9.15. The molecule has 0 radical (unpaired) electrons. The lowest BCUT2D eigenvalue weighted by Crippen LogP contribution is -2.71. The molecule has 3 aromatic carbocycles. The summed E-state index contributed by atoms with van der Waals surface area (Å²) in [5.74, 6) is -5.69. The van der Waals surface area contributed by atoms with Gasteiger partial charge in [-0.15, -0.1) is 11.8 Å². The molecule has 3 heterocycles. The van der Waals surface area contributed by atoms with Crippen molar-refractivity contribution in [3.8, 4) is 11.3 Å². The monoisotopic (exact) mass is 1090 g/mol. The molecule has 21 heteroatoms. The van der Waals surface area contributed by atoms with Crippen molar-refractivity contribution in [2.45, 2.75) is 122 Å². The van der Waals surface area contributed by atoms with Crippen molar-refractivity contribution in [2.75, 3.05) is 20.8 Å². The number of carbonyl (C=O) groups excluding carboxylic acids is 6. The van der Waals surface area contributed by atoms with Crippen molar-refractivity contribution in [1.82, 2.24) is 31.0 Å². The van der Waals surface area contributed by atoms with Crippen LogP contribution in [0.25, 0.3) is 11.3 Å². The van der Waals surface area contributed by atoms with Gasteiger partial charge in [-0.1, -0.05) is 96.1 Å². The topological polar surface area (TPSA) is 260 Å². The van der Waals surface area contributed by atoms with Crippen LogP contribution in [-0.4, -0.2) is 122 Å². The number of aliphatic carboxylic acids is 1. The number of hydrazine groups is 1. The van der Waals surface area contributed by atoms with Gasteiger partial charge in [0.2, 0.25) is 17.7 Å². The van der Waals surface area contributed by atoms with E-state index in [1.807, 2.05) is 84.0 Å². The molecule has 0 saturated carbocycles. The molecule has 0 bridgehead atoms. The molecule has 4 amide bonds. The van der Waals surface area contributed by atoms with Gasteiger partial charge < -0.3 is 41.0 Å². The number of fused-ring (bicyclic) bond motifs is 1. The molecule has 4 aromatic rings. The normalized spacial score (nSPS) is 18.7. The van der Waals surface area contributed by atoms with Crippen molar-refractivity contribution < 1.29 is 62.0 Å². The first-order chi connectivity index (χ1) is 36.0. The highest BCUT2D eigenvalue weighted by Crippen LogP contribution is 2.51. The second-order valence-electron chi connectivity index (χ2n) is 21.8. The summed E-state index contributed by atoms with van der Waals surface area (Å²) in [6.45, 7) is 14.6. The summed E-state index contributed by atoms with van der Waals surface area (Å²) in [5.41, 5.74) is 11.1. The van der Waals surface area contributed by atoms with Crippen LogP contribution in [0.4, 0.5) is 13.6 Å². The number of alkyl carbamates (subject to hydrolysis) is 1. The molecule has 6 rings (SSSR count). The van der Waals surface area contributed by atoms with Gasteiger partial charge in [0.25, 0.3) is 0 Å². The third kappa shape index (κ3) is 16.4. The average Bonchev–Trinajstić information content (AvgIpc) is 3.69. The Morgan fingerprint density at radius 2 is 1.43 bits per heavy atom. The predicted octanol–water partition coefficient (Wildman–Crippen LogP) is 6.35. The van der Waals surface area contributed by atoms with Crippen LogP contribution < -0.4 is 21.8 Å². The largest absolute Gasteiger partial charge is 0.480 e. The molecule has 2 aliphatic rings. The number of thioether (sulfide) groups is 1. The van der Waals surface area contributed by atoms with E-state index in [2.05, 4.69) is 21.0 Å². The Bertz CT molecular complexity index is 2700. The maximum atomic E-state index is 13.9. The number of Topliss-reactive ketones (excluding diaryl/α,β-unsaturated/α-hetero) is 1. The van der Waals surface area contributed by atoms with Gasteiger partial charge in [-0.25, -0.2) is 23.4 Å². The number of β-lactam (4-membered cyclic amide) rings is 1. The van der Waals surface area contributed by atoms with Gasteiger partial charge in [0.05, 0.1) is 44.4 Å². The molecule has 0 aliphatic carbocycles. The zero-order valence-corrected chi connectivity index (χ0v) is 45.9. The number of esters is 1. The number of carbonyl (C=O) groups is 7. The number of methoxy groups -OCH3 is 2. The first-order valence-electron chi connectivity index (χ1n) is 25.0. The Morgan fingerprint density at radius 3 is 1.96 bits per heavy atom. The Labute approximate surface area is 452 Å². The fraction of sp³-hybridized carbons (Fsp3) is 0.464. The standard InChI is InChI=1S/C40H53FN4O7.C16H18FN3O4S/c1-39(2,3)31(23-35(48)51-7)37(49)44-45(24-27-12-16-28(17-13-27)32-11-9-10-20-42-32)25-34(47)29(21-26-14-18-30(41)19-15-26)22-33(46)36(40(4,5)6)43-38(50)52-8;1-16(2)11(15(23)24)20-13(22)10(14(20)25-16)19-12(21)9(18)7-3-5-8(17)6-4-7/h9-20,29,31,34,36,47H,21-25H2,1-8H3,(H,43,50)(H,44,49);3-6,9-11,14H,18H2,1-2H3,(H,19,21)(H,23,24)/t29-,31-,34+,36-;9-,10-,11+,14-/m11/s1. The lowest BCUT2D eigenvalue weighted by Gasteiger charge is -2.43. The number of carboxylic acid groups (broad SMARTS) is 1. The third-order valence-corrected chi connectivity index (χ3v) is 15.0. The molecule has 77 heavy (non-hydrogen) atoms. The molecular formula is C56H71F2N7O11S. The number of aromatic nitrogens is 1. The second kappa shape index (κ2) is 26.0. The number of rotatable bonds is 20. The maximum absolute atomic E-state index is 13.9. The molecule has 0 unspecified atom stereocenters. The number of halogens is 2. The molecule has 2 saturated heterocycles. The molecule has 18 nitrogen and oxygen atoms in total. The highest BCUT2D eigenvalue weighted by molar-refractivity contribution is 8.01. The van der Waals surface area contributed by atoms with E-state index in [1.54, 1.807) is 37.2 Å². The van der Waals surface area contributed by atoms with Gasteiger partial charge in [-0.05, 0) is 90.1 Å². The summed E-state index contributed by atoms with van der Waals surface area (Å²) in [5, 5.41) is 27.6. The minimum Gasteiger partial charge on any atom is -0.480 e. The predicted molar refractivity (Wildman–Crippen MR) is 285 cm³/mol. The average molecular weight is 1090 g/mol. The van der Waals surface area contributed by atoms with E-state index < -0.39 is 110 Å². The van der Waals surface area contributed by atoms with Crippen LogP contribution in [0.1, 0.15) is 91.0 Å². The van der Waals surface area contributed by atoms with Crippen molar-refractivity contribution in [1.29, 1.82) is 0 Å². The SMILES string of the molecule is CC1(C)S[C@@H]2[C@H](NC(=O)[C@H](N)c3ccc(F)cc3)C(=O)N2[C@H]1C(=O)O.COC(=O)C[C@H](C(=O)NN(Cc1ccc(-c2ccccn2)cc1)C[C@H](O)[C@@H](CC(=O)[C@@H](NC(=O)OC)C(C)(C)C)Cc1ccc(F)cc1)C(C)(C)C. The van der Waals surface area contributed by atoms with Crippen LogP contribution in [0.15, 0.2) is 97.2 Å². The first-order valence-corrected chi connectivity index (χ1v) is 25.9. The lowest BCUT2D eigenvalue weighted by atomic mass is 9.78. The smallest absolute Gasteiger partial charge is 0.407 e. The molecular weight excluding hydrogens is 1020 g/mol. The summed E-state index contributed by atoms with van der Waals surface area (Å²) < 4.78 is 35.8. The van der Waals surface area contributed by atoms with Crippen LogP contribution >= 0.6 is 11.8 Å². The number of ketones is 1. The Hall–Kier alpha value is -6.81. The number of aliphatic hydroxyl groups is 1. The molecule has 0 spiro atoms. The van der Waals surface area contributed by atoms with Gasteiger partial charge in [0.15, 0.2) is 5.78 Å². The molecule has 2 aliphatic heterocycles. The molecule has 8 atom stereocenters. The van der Waals surface area contributed by atoms with Crippen LogP contribution in [0.2, 0.25) is 0 Å². The Morgan fingerprint density at radius 1 is 0.831 bits per heavy atom. The van der Waals surface area contributed by atoms with E-state index in [1.165, 1.54) is 67.3 Å². The van der Waals surface area contributed by atoms with Gasteiger partial charge in [0, 0.05) is 36.0 Å². The number of pyridine rings is 1. The molecule has 416 valence electrons. The van der Waals surface area contributed by atoms with E-state index in [4.69, 9.17) is 15.2 Å². The third-order valence-electron chi connectivity index (χ3n) is 13.5. The van der Waals surface area contributed by atoms with Crippen LogP contribution in [0, 0.1) is 34.3 Å². The van der Waals surface area contributed by atoms with E-state index in [0.29, 0.717) is 11.1 Å². The number of hydrogen-bond acceptors (Lipinski definition) is 14. The van der Waals surface area contributed by atoms with E-state index in [9.17, 15) is 52.6 Å². The number of aliphatic hydroxyl groups excluding tert-OH is 1. The molecule has 7 N–H and O–H groups in total. The summed E-state index contributed by atoms with van der Waals surface area (Å²) in [4.78, 5) is 94.1. The summed E-state index contributed by atoms with van der Waals surface area (Å²) in [6.07, 6.45) is -0.316. The number of amides is 4. The van der Waals surface area contributed by atoms with Crippen LogP contribution in [0.5, 0.6) is 0 Å². The number of carboxylic acids is 1. The number of nitrogens with one attached hydrogen (secondary N) is 3. The number of nitrogens with two attached hydrogens (primary N) is 1. The number of hydrogen-bond donors (Lipinski definition) is 6. The second-order valence-corrected chi connectivity index (χ2v) is 23.6. The highest BCUT2D eigenvalue weighted by atomic mass is 32.2. The summed E-state index contributed by atoms with van der Waals surface area (Å²) in [6, 6.07) is 20.6. The van der Waals surface area contributed by atoms with Gasteiger partial charge >= 0.3 is 18.0 Å². The van der Waals surface area contributed by atoms with Crippen molar-refractivity contribution in [3.05, 3.63) is 126 Å². The fourth-order valence-corrected chi connectivity index (χ4v) is 10.8. The van der Waals surface area contributed by atoms with Crippen LogP contribution in [0.3, 0.4) is 0 Å².